The van der Waals surface area contributed by atoms with Crippen LogP contribution in [0.3, 0.4) is 0 Å². The Labute approximate surface area is 80.1 Å². The van der Waals surface area contributed by atoms with Gasteiger partial charge in [-0.15, -0.1) is 0 Å². The van der Waals surface area contributed by atoms with Crippen molar-refractivity contribution in [1.29, 1.82) is 0 Å². The number of rotatable bonds is 6. The van der Waals surface area contributed by atoms with Crippen LogP contribution in [0, 0.1) is 5.92 Å². The van der Waals surface area contributed by atoms with Gasteiger partial charge in [0.1, 0.15) is 0 Å². The summed E-state index contributed by atoms with van der Waals surface area (Å²) in [6.07, 6.45) is 1.41. The first-order chi connectivity index (χ1) is 5.92. The highest BCUT2D eigenvalue weighted by atomic mass is 16.5. The van der Waals surface area contributed by atoms with Crippen molar-refractivity contribution >= 4 is 5.97 Å². The zero-order chi connectivity index (χ0) is 10.5. The Morgan fingerprint density at radius 3 is 2.38 bits per heavy atom. The van der Waals surface area contributed by atoms with Crippen molar-refractivity contribution in [2.24, 2.45) is 5.92 Å². The van der Waals surface area contributed by atoms with Crippen molar-refractivity contribution in [3.05, 3.63) is 0 Å². The van der Waals surface area contributed by atoms with E-state index in [9.17, 15) is 4.79 Å². The van der Waals surface area contributed by atoms with Crippen LogP contribution in [0.5, 0.6) is 0 Å². The monoisotopic (exact) mass is 188 g/mol. The van der Waals surface area contributed by atoms with Gasteiger partial charge in [0.25, 0.3) is 0 Å². The highest BCUT2D eigenvalue weighted by Crippen LogP contribution is 2.21. The number of carbonyl (C=O) groups is 1. The molecule has 78 valence electrons. The lowest BCUT2D eigenvalue weighted by atomic mass is 9.94. The van der Waals surface area contributed by atoms with Crippen LogP contribution < -0.4 is 0 Å². The lowest BCUT2D eigenvalue weighted by Crippen LogP contribution is -2.39. The van der Waals surface area contributed by atoms with Crippen LogP contribution in [0.1, 0.15) is 40.5 Å². The van der Waals surface area contributed by atoms with Crippen LogP contribution in [0.2, 0.25) is 0 Å². The third-order valence-electron chi connectivity index (χ3n) is 1.87. The summed E-state index contributed by atoms with van der Waals surface area (Å²) in [5.74, 6) is -0.535. The van der Waals surface area contributed by atoms with Crippen LogP contribution in [0.25, 0.3) is 0 Å². The number of hydrogen-bond donors (Lipinski definition) is 1. The first-order valence-electron chi connectivity index (χ1n) is 4.79. The molecule has 1 atom stereocenters. The summed E-state index contributed by atoms with van der Waals surface area (Å²) >= 11 is 0. The van der Waals surface area contributed by atoms with Gasteiger partial charge in [0.05, 0.1) is 0 Å². The molecule has 3 nitrogen and oxygen atoms in total. The molecule has 0 aliphatic carbocycles. The Morgan fingerprint density at radius 2 is 2.08 bits per heavy atom. The molecule has 0 aromatic rings. The minimum atomic E-state index is -1.01. The van der Waals surface area contributed by atoms with Gasteiger partial charge >= 0.3 is 5.97 Å². The molecule has 1 N–H and O–H groups in total. The highest BCUT2D eigenvalue weighted by molar-refractivity contribution is 5.76. The van der Waals surface area contributed by atoms with Gasteiger partial charge in [-0.1, -0.05) is 20.8 Å². The number of ether oxygens (including phenoxy) is 1. The molecule has 13 heavy (non-hydrogen) atoms. The third-order valence-corrected chi connectivity index (χ3v) is 1.87. The lowest BCUT2D eigenvalue weighted by molar-refractivity contribution is -0.165. The van der Waals surface area contributed by atoms with Gasteiger partial charge in [0, 0.05) is 6.61 Å². The van der Waals surface area contributed by atoms with E-state index in [0.29, 0.717) is 18.9 Å². The molecule has 0 aliphatic rings. The maximum atomic E-state index is 10.9. The first kappa shape index (κ1) is 12.4. The van der Waals surface area contributed by atoms with Crippen LogP contribution in [0.15, 0.2) is 0 Å². The molecule has 0 heterocycles. The first-order valence-corrected chi connectivity index (χ1v) is 4.79. The molecule has 0 spiro atoms. The van der Waals surface area contributed by atoms with E-state index < -0.39 is 11.6 Å². The lowest BCUT2D eigenvalue weighted by Gasteiger charge is -2.26. The molecule has 0 aromatic carbocycles. The van der Waals surface area contributed by atoms with E-state index in [2.05, 4.69) is 0 Å². The second kappa shape index (κ2) is 5.22. The molecule has 0 bridgehead atoms. The largest absolute Gasteiger partial charge is 0.479 e. The Kier molecular flexibility index (Phi) is 4.99. The van der Waals surface area contributed by atoms with E-state index in [-0.39, 0.29) is 0 Å². The molecule has 3 heteroatoms. The van der Waals surface area contributed by atoms with Gasteiger partial charge in [-0.05, 0) is 25.7 Å². The predicted molar refractivity (Wildman–Crippen MR) is 51.7 cm³/mol. The Balaban J connectivity index is 4.25. The molecular formula is C10H20O3. The molecule has 0 rings (SSSR count). The van der Waals surface area contributed by atoms with Crippen molar-refractivity contribution in [1.82, 2.24) is 0 Å². The van der Waals surface area contributed by atoms with Crippen molar-refractivity contribution < 1.29 is 14.6 Å². The van der Waals surface area contributed by atoms with Crippen molar-refractivity contribution in [2.75, 3.05) is 6.61 Å². The fourth-order valence-electron chi connectivity index (χ4n) is 1.31. The fraction of sp³-hybridized carbons (Fsp3) is 0.900. The van der Waals surface area contributed by atoms with Crippen LogP contribution in [-0.4, -0.2) is 23.3 Å². The number of carboxylic acids is 1. The zero-order valence-electron chi connectivity index (χ0n) is 8.96. The number of carboxylic acid groups (broad SMARTS) is 1. The second-order valence-electron chi connectivity index (χ2n) is 3.98. The average Bonchev–Trinajstić information content (AvgIpc) is 1.99. The van der Waals surface area contributed by atoms with E-state index in [1.807, 2.05) is 20.8 Å². The summed E-state index contributed by atoms with van der Waals surface area (Å²) in [5.41, 5.74) is -1.01. The van der Waals surface area contributed by atoms with Crippen molar-refractivity contribution in [2.45, 2.75) is 46.1 Å². The van der Waals surface area contributed by atoms with E-state index in [0.717, 1.165) is 6.42 Å². The van der Waals surface area contributed by atoms with E-state index in [1.165, 1.54) is 0 Å². The molecule has 0 saturated carbocycles. The summed E-state index contributed by atoms with van der Waals surface area (Å²) in [7, 11) is 0. The van der Waals surface area contributed by atoms with E-state index in [4.69, 9.17) is 9.84 Å². The summed E-state index contributed by atoms with van der Waals surface area (Å²) in [6, 6.07) is 0. The highest BCUT2D eigenvalue weighted by Gasteiger charge is 2.34. The van der Waals surface area contributed by atoms with E-state index >= 15 is 0 Å². The molecular weight excluding hydrogens is 168 g/mol. The van der Waals surface area contributed by atoms with Gasteiger partial charge in [0.2, 0.25) is 0 Å². The molecule has 0 aromatic heterocycles. The molecule has 0 amide bonds. The zero-order valence-corrected chi connectivity index (χ0v) is 8.96. The SMILES string of the molecule is CCCOC(C)(CC(C)C)C(=O)O. The summed E-state index contributed by atoms with van der Waals surface area (Å²) in [4.78, 5) is 10.9. The minimum absolute atomic E-state index is 0.331. The second-order valence-corrected chi connectivity index (χ2v) is 3.98. The maximum absolute atomic E-state index is 10.9. The number of aliphatic carboxylic acids is 1. The quantitative estimate of drug-likeness (QED) is 0.695. The van der Waals surface area contributed by atoms with Gasteiger partial charge in [0.15, 0.2) is 5.60 Å². The van der Waals surface area contributed by atoms with Crippen LogP contribution >= 0.6 is 0 Å². The minimum Gasteiger partial charge on any atom is -0.479 e. The smallest absolute Gasteiger partial charge is 0.335 e. The van der Waals surface area contributed by atoms with Gasteiger partial charge in [-0.2, -0.15) is 0 Å². The van der Waals surface area contributed by atoms with Gasteiger partial charge in [-0.3, -0.25) is 0 Å². The standard InChI is InChI=1S/C10H20O3/c1-5-6-13-10(4,9(11)12)7-8(2)3/h8H,5-7H2,1-4H3,(H,11,12). The predicted octanol–water partition coefficient (Wildman–Crippen LogP) is 2.30. The molecule has 1 unspecified atom stereocenters. The Hall–Kier alpha value is -0.570. The summed E-state index contributed by atoms with van der Waals surface area (Å²) in [5, 5.41) is 8.98. The fourth-order valence-corrected chi connectivity index (χ4v) is 1.31. The van der Waals surface area contributed by atoms with Crippen molar-refractivity contribution in [3.8, 4) is 0 Å². The molecule has 0 aliphatic heterocycles. The molecule has 0 saturated heterocycles. The molecule has 0 radical (unpaired) electrons. The number of hydrogen-bond acceptors (Lipinski definition) is 2. The van der Waals surface area contributed by atoms with Gasteiger partial charge < -0.3 is 9.84 Å². The summed E-state index contributed by atoms with van der Waals surface area (Å²) in [6.45, 7) is 8.12. The normalized spacial score (nSPS) is 15.8. The topological polar surface area (TPSA) is 46.5 Å². The van der Waals surface area contributed by atoms with Gasteiger partial charge in [-0.25, -0.2) is 4.79 Å². The Bertz CT molecular complexity index is 166. The average molecular weight is 188 g/mol. The van der Waals surface area contributed by atoms with Crippen molar-refractivity contribution in [3.63, 3.8) is 0 Å². The Morgan fingerprint density at radius 1 is 1.54 bits per heavy atom. The summed E-state index contributed by atoms with van der Waals surface area (Å²) < 4.78 is 5.35. The van der Waals surface area contributed by atoms with E-state index in [1.54, 1.807) is 6.92 Å². The third kappa shape index (κ3) is 4.27. The molecule has 0 fully saturated rings. The maximum Gasteiger partial charge on any atom is 0.335 e. The van der Waals surface area contributed by atoms with Crippen LogP contribution in [-0.2, 0) is 9.53 Å². The van der Waals surface area contributed by atoms with Crippen LogP contribution in [0.4, 0.5) is 0 Å².